The molecule has 3 rings (SSSR count). The molecule has 0 unspecified atom stereocenters. The number of Topliss-reactive ketones (excluding diaryl/α,β-unsaturated/α-hetero) is 1. The van der Waals surface area contributed by atoms with Crippen molar-refractivity contribution in [2.45, 2.75) is 0 Å². The van der Waals surface area contributed by atoms with E-state index in [2.05, 4.69) is 0 Å². The lowest BCUT2D eigenvalue weighted by molar-refractivity contribution is -0.402. The van der Waals surface area contributed by atoms with E-state index in [1.54, 1.807) is 0 Å². The van der Waals surface area contributed by atoms with Gasteiger partial charge in [-0.1, -0.05) is 0 Å². The molecule has 21 heavy (non-hydrogen) atoms. The number of carbonyl (C=O) groups excluding carboxylic acids is 1. The van der Waals surface area contributed by atoms with Gasteiger partial charge in [0, 0.05) is 6.08 Å². The van der Waals surface area contributed by atoms with Crippen molar-refractivity contribution in [2.75, 3.05) is 0 Å². The summed E-state index contributed by atoms with van der Waals surface area (Å²) in [6, 6.07) is 4.92. The van der Waals surface area contributed by atoms with E-state index in [1.807, 2.05) is 0 Å². The summed E-state index contributed by atoms with van der Waals surface area (Å²) in [5, 5.41) is 29.5. The predicted molar refractivity (Wildman–Crippen MR) is 68.1 cm³/mol. The Labute approximate surface area is 116 Å². The van der Waals surface area contributed by atoms with Gasteiger partial charge in [-0.3, -0.25) is 14.9 Å². The normalized spacial score (nSPS) is 15.0. The smallest absolute Gasteiger partial charge is 0.433 e. The quantitative estimate of drug-likeness (QED) is 0.376. The van der Waals surface area contributed by atoms with Gasteiger partial charge < -0.3 is 19.4 Å². The second-order valence-corrected chi connectivity index (χ2v) is 4.18. The van der Waals surface area contributed by atoms with Crippen LogP contribution >= 0.6 is 0 Å². The fourth-order valence-electron chi connectivity index (χ4n) is 1.87. The number of hydrogen-bond acceptors (Lipinski definition) is 7. The molecule has 2 aromatic rings. The van der Waals surface area contributed by atoms with E-state index in [-0.39, 0.29) is 22.8 Å². The van der Waals surface area contributed by atoms with E-state index in [0.717, 1.165) is 12.1 Å². The first-order valence-corrected chi connectivity index (χ1v) is 5.71. The summed E-state index contributed by atoms with van der Waals surface area (Å²) in [5.41, 5.74) is 0.0811. The minimum Gasteiger partial charge on any atom is -0.504 e. The summed E-state index contributed by atoms with van der Waals surface area (Å²) < 4.78 is 10.1. The maximum absolute atomic E-state index is 12.0. The number of carbonyl (C=O) groups is 1. The van der Waals surface area contributed by atoms with Crippen molar-refractivity contribution in [1.29, 1.82) is 0 Å². The molecule has 0 radical (unpaired) electrons. The highest BCUT2D eigenvalue weighted by atomic mass is 16.6. The molecule has 0 amide bonds. The fourth-order valence-corrected chi connectivity index (χ4v) is 1.87. The van der Waals surface area contributed by atoms with Crippen LogP contribution in [0.1, 0.15) is 16.1 Å². The minimum atomic E-state index is -0.710. The van der Waals surface area contributed by atoms with Crippen LogP contribution in [0, 0.1) is 10.1 Å². The number of hydrogen-bond donors (Lipinski definition) is 2. The molecule has 0 atom stereocenters. The van der Waals surface area contributed by atoms with Crippen LogP contribution in [0.4, 0.5) is 5.88 Å². The van der Waals surface area contributed by atoms with Crippen molar-refractivity contribution in [2.24, 2.45) is 0 Å². The van der Waals surface area contributed by atoms with Crippen LogP contribution in [0.25, 0.3) is 6.08 Å². The van der Waals surface area contributed by atoms with Crippen LogP contribution in [0.3, 0.4) is 0 Å². The van der Waals surface area contributed by atoms with E-state index in [4.69, 9.17) is 9.15 Å². The van der Waals surface area contributed by atoms with E-state index >= 15 is 0 Å². The highest BCUT2D eigenvalue weighted by molar-refractivity contribution is 6.15. The van der Waals surface area contributed by atoms with Crippen LogP contribution in [0.5, 0.6) is 17.2 Å². The number of aromatic hydroxyl groups is 2. The van der Waals surface area contributed by atoms with E-state index in [1.165, 1.54) is 18.2 Å². The Morgan fingerprint density at radius 3 is 2.62 bits per heavy atom. The number of allylic oxidation sites excluding steroid dienone is 1. The summed E-state index contributed by atoms with van der Waals surface area (Å²) in [5.74, 6) is -2.24. The molecule has 0 saturated heterocycles. The number of benzene rings is 1. The van der Waals surface area contributed by atoms with Gasteiger partial charge in [0.1, 0.15) is 10.7 Å². The molecule has 2 heterocycles. The van der Waals surface area contributed by atoms with Gasteiger partial charge in [-0.25, -0.2) is 0 Å². The van der Waals surface area contributed by atoms with Crippen LogP contribution in [0.2, 0.25) is 0 Å². The summed E-state index contributed by atoms with van der Waals surface area (Å²) in [7, 11) is 0. The number of fused-ring (bicyclic) bond motifs is 1. The summed E-state index contributed by atoms with van der Waals surface area (Å²) >= 11 is 0. The largest absolute Gasteiger partial charge is 0.504 e. The maximum Gasteiger partial charge on any atom is 0.433 e. The molecule has 1 aliphatic heterocycles. The molecule has 1 aliphatic rings. The number of rotatable bonds is 2. The molecule has 8 heteroatoms. The van der Waals surface area contributed by atoms with Gasteiger partial charge >= 0.3 is 5.88 Å². The Bertz CT molecular complexity index is 803. The van der Waals surface area contributed by atoms with Crippen molar-refractivity contribution in [3.63, 3.8) is 0 Å². The molecule has 1 aromatic heterocycles. The SMILES string of the molecule is O=C1/C(=C/c2ccc([N+](=O)[O-])o2)Oc2c1ccc(O)c2O. The molecule has 0 bridgehead atoms. The Kier molecular flexibility index (Phi) is 2.65. The number of nitro groups is 1. The van der Waals surface area contributed by atoms with Gasteiger partial charge in [-0.05, 0) is 18.2 Å². The first-order chi connectivity index (χ1) is 9.97. The average Bonchev–Trinajstić information content (AvgIpc) is 3.02. The molecule has 0 fully saturated rings. The van der Waals surface area contributed by atoms with E-state index in [9.17, 15) is 25.1 Å². The van der Waals surface area contributed by atoms with Gasteiger partial charge in [-0.2, -0.15) is 0 Å². The van der Waals surface area contributed by atoms with Gasteiger partial charge in [-0.15, -0.1) is 0 Å². The lowest BCUT2D eigenvalue weighted by atomic mass is 10.1. The molecule has 2 N–H and O–H groups in total. The third-order valence-electron chi connectivity index (χ3n) is 2.86. The van der Waals surface area contributed by atoms with Crippen LogP contribution in [-0.4, -0.2) is 20.9 Å². The van der Waals surface area contributed by atoms with Crippen molar-refractivity contribution in [3.05, 3.63) is 51.5 Å². The van der Waals surface area contributed by atoms with Crippen LogP contribution in [-0.2, 0) is 0 Å². The zero-order valence-corrected chi connectivity index (χ0v) is 10.3. The van der Waals surface area contributed by atoms with E-state index < -0.39 is 28.1 Å². The number of phenolic OH excluding ortho intramolecular Hbond substituents is 2. The Hall–Kier alpha value is -3.29. The highest BCUT2D eigenvalue weighted by Crippen LogP contribution is 2.44. The first-order valence-electron chi connectivity index (χ1n) is 5.71. The van der Waals surface area contributed by atoms with Gasteiger partial charge in [0.25, 0.3) is 0 Å². The second kappa shape index (κ2) is 4.37. The third-order valence-corrected chi connectivity index (χ3v) is 2.86. The Balaban J connectivity index is 1.98. The number of phenols is 2. The molecule has 8 nitrogen and oxygen atoms in total. The predicted octanol–water partition coefficient (Wildman–Crippen LogP) is 2.22. The van der Waals surface area contributed by atoms with Gasteiger partial charge in [0.05, 0.1) is 11.6 Å². The van der Waals surface area contributed by atoms with Crippen molar-refractivity contribution < 1.29 is 29.1 Å². The molecule has 0 aliphatic carbocycles. The fraction of sp³-hybridized carbons (Fsp3) is 0. The standard InChI is InChI=1S/C13H7NO7/c15-8-3-2-7-11(16)9(21-13(7)12(8)17)5-6-1-4-10(20-6)14(18)19/h1-5,15,17H/b9-5-. The van der Waals surface area contributed by atoms with Crippen molar-refractivity contribution in [1.82, 2.24) is 0 Å². The molecular formula is C13H7NO7. The zero-order valence-electron chi connectivity index (χ0n) is 10.3. The average molecular weight is 289 g/mol. The van der Waals surface area contributed by atoms with Crippen molar-refractivity contribution >= 4 is 17.7 Å². The summed E-state index contributed by atoms with van der Waals surface area (Å²) in [6.07, 6.45) is 1.17. The number of ketones is 1. The van der Waals surface area contributed by atoms with Crippen molar-refractivity contribution in [3.8, 4) is 17.2 Å². The van der Waals surface area contributed by atoms with Crippen LogP contribution < -0.4 is 4.74 Å². The van der Waals surface area contributed by atoms with Gasteiger partial charge in [0.2, 0.25) is 11.5 Å². The Morgan fingerprint density at radius 1 is 1.19 bits per heavy atom. The molecule has 0 spiro atoms. The summed E-state index contributed by atoms with van der Waals surface area (Å²) in [6.45, 7) is 0. The minimum absolute atomic E-state index is 0.0570. The molecule has 1 aromatic carbocycles. The Morgan fingerprint density at radius 2 is 1.95 bits per heavy atom. The lowest BCUT2D eigenvalue weighted by Crippen LogP contribution is -1.97. The second-order valence-electron chi connectivity index (χ2n) is 4.18. The molecular weight excluding hydrogens is 282 g/mol. The first kappa shape index (κ1) is 12.7. The summed E-state index contributed by atoms with van der Waals surface area (Å²) in [4.78, 5) is 21.8. The number of ether oxygens (including phenoxy) is 1. The molecule has 0 saturated carbocycles. The number of furan rings is 1. The lowest BCUT2D eigenvalue weighted by Gasteiger charge is -2.01. The number of nitrogens with zero attached hydrogens (tertiary/aromatic N) is 1. The third kappa shape index (κ3) is 1.98. The molecule has 106 valence electrons. The van der Waals surface area contributed by atoms with Crippen LogP contribution in [0.15, 0.2) is 34.4 Å². The topological polar surface area (TPSA) is 123 Å². The zero-order chi connectivity index (χ0) is 15.1. The highest BCUT2D eigenvalue weighted by Gasteiger charge is 2.31. The van der Waals surface area contributed by atoms with Gasteiger partial charge in [0.15, 0.2) is 17.3 Å². The monoisotopic (exact) mass is 289 g/mol. The van der Waals surface area contributed by atoms with E-state index in [0.29, 0.717) is 0 Å². The maximum atomic E-state index is 12.0.